The van der Waals surface area contributed by atoms with Gasteiger partial charge in [-0.3, -0.25) is 14.3 Å². The normalized spacial score (nSPS) is 20.2. The Morgan fingerprint density at radius 2 is 2.16 bits per heavy atom. The first-order chi connectivity index (χ1) is 11.9. The molecule has 0 aliphatic carbocycles. The largest absolute Gasteiger partial charge is 0.352 e. The average molecular weight is 344 g/mol. The van der Waals surface area contributed by atoms with E-state index in [1.165, 1.54) is 17.0 Å². The Morgan fingerprint density at radius 1 is 1.40 bits per heavy atom. The van der Waals surface area contributed by atoms with Crippen LogP contribution in [0.15, 0.2) is 30.5 Å². The number of aromatic nitrogens is 2. The maximum atomic E-state index is 13.6. The topological polar surface area (TPSA) is 67.2 Å². The minimum absolute atomic E-state index is 0.119. The van der Waals surface area contributed by atoms with Crippen LogP contribution in [0.2, 0.25) is 0 Å². The Labute approximate surface area is 145 Å². The zero-order valence-corrected chi connectivity index (χ0v) is 14.5. The maximum Gasteiger partial charge on any atom is 0.226 e. The first-order valence-electron chi connectivity index (χ1n) is 8.14. The Balaban J connectivity index is 1.77. The molecule has 1 fully saturated rings. The van der Waals surface area contributed by atoms with Gasteiger partial charge in [-0.05, 0) is 24.6 Å². The molecule has 2 heterocycles. The summed E-state index contributed by atoms with van der Waals surface area (Å²) in [5.74, 6) is -1.26. The quantitative estimate of drug-likeness (QED) is 0.918. The second-order valence-corrected chi connectivity index (χ2v) is 6.41. The van der Waals surface area contributed by atoms with Crippen LogP contribution in [0.5, 0.6) is 0 Å². The highest BCUT2D eigenvalue weighted by molar-refractivity contribution is 5.90. The van der Waals surface area contributed by atoms with Crippen molar-refractivity contribution in [1.82, 2.24) is 20.0 Å². The van der Waals surface area contributed by atoms with Gasteiger partial charge in [0, 0.05) is 38.3 Å². The molecular weight excluding hydrogens is 323 g/mol. The number of amides is 2. The lowest BCUT2D eigenvalue weighted by Gasteiger charge is -2.25. The zero-order valence-electron chi connectivity index (χ0n) is 14.5. The number of benzene rings is 1. The molecule has 1 aromatic carbocycles. The molecule has 0 radical (unpaired) electrons. The lowest BCUT2D eigenvalue weighted by molar-refractivity contribution is -0.128. The van der Waals surface area contributed by atoms with E-state index in [9.17, 15) is 14.0 Å². The first kappa shape index (κ1) is 17.1. The summed E-state index contributed by atoms with van der Waals surface area (Å²) in [7, 11) is 3.49. The highest BCUT2D eigenvalue weighted by Gasteiger charge is 2.42. The molecule has 2 amide bonds. The van der Waals surface area contributed by atoms with Crippen molar-refractivity contribution in [3.63, 3.8) is 0 Å². The van der Waals surface area contributed by atoms with Crippen molar-refractivity contribution < 1.29 is 14.0 Å². The van der Waals surface area contributed by atoms with Gasteiger partial charge >= 0.3 is 0 Å². The number of nitrogens with zero attached hydrogens (tertiary/aromatic N) is 3. The van der Waals surface area contributed by atoms with E-state index in [4.69, 9.17) is 0 Å². The number of rotatable bonds is 4. The van der Waals surface area contributed by atoms with Crippen molar-refractivity contribution in [1.29, 1.82) is 0 Å². The van der Waals surface area contributed by atoms with E-state index in [1.54, 1.807) is 30.1 Å². The first-order valence-corrected chi connectivity index (χ1v) is 8.14. The molecule has 2 atom stereocenters. The SMILES string of the molecule is Cc1c(CNC(=O)C2CC(=O)N(C)C2c2cccc(F)c2)cnn1C. The van der Waals surface area contributed by atoms with Crippen molar-refractivity contribution in [3.8, 4) is 0 Å². The number of hydrogen-bond acceptors (Lipinski definition) is 3. The predicted octanol–water partition coefficient (Wildman–Crippen LogP) is 1.70. The summed E-state index contributed by atoms with van der Waals surface area (Å²) in [6.07, 6.45) is 1.83. The molecule has 1 aliphatic rings. The van der Waals surface area contributed by atoms with Gasteiger partial charge in [-0.2, -0.15) is 5.10 Å². The molecule has 1 N–H and O–H groups in total. The molecule has 25 heavy (non-hydrogen) atoms. The van der Waals surface area contributed by atoms with Crippen LogP contribution < -0.4 is 5.32 Å². The Kier molecular flexibility index (Phi) is 4.57. The van der Waals surface area contributed by atoms with Gasteiger partial charge in [0.2, 0.25) is 11.8 Å². The van der Waals surface area contributed by atoms with Crippen LogP contribution in [0, 0.1) is 18.7 Å². The standard InChI is InChI=1S/C18H21FN4O2/c1-11-13(10-21-23(11)3)9-20-18(25)15-8-16(24)22(2)17(15)12-5-4-6-14(19)7-12/h4-7,10,15,17H,8-9H2,1-3H3,(H,20,25). The van der Waals surface area contributed by atoms with Gasteiger partial charge in [0.15, 0.2) is 0 Å². The van der Waals surface area contributed by atoms with Gasteiger partial charge < -0.3 is 10.2 Å². The van der Waals surface area contributed by atoms with Crippen LogP contribution in [0.3, 0.4) is 0 Å². The maximum absolute atomic E-state index is 13.6. The minimum Gasteiger partial charge on any atom is -0.352 e. The molecule has 1 aliphatic heterocycles. The van der Waals surface area contributed by atoms with E-state index in [1.807, 2.05) is 14.0 Å². The van der Waals surface area contributed by atoms with Gasteiger partial charge in [-0.25, -0.2) is 4.39 Å². The van der Waals surface area contributed by atoms with Gasteiger partial charge in [-0.15, -0.1) is 0 Å². The molecule has 7 heteroatoms. The van der Waals surface area contributed by atoms with E-state index < -0.39 is 12.0 Å². The summed E-state index contributed by atoms with van der Waals surface area (Å²) in [6.45, 7) is 2.28. The average Bonchev–Trinajstić information content (AvgIpc) is 3.06. The van der Waals surface area contributed by atoms with Gasteiger partial charge in [0.1, 0.15) is 5.82 Å². The third-order valence-electron chi connectivity index (χ3n) is 4.90. The third-order valence-corrected chi connectivity index (χ3v) is 4.90. The summed E-state index contributed by atoms with van der Waals surface area (Å²) in [5, 5.41) is 7.03. The number of aryl methyl sites for hydroxylation is 1. The zero-order chi connectivity index (χ0) is 18.1. The minimum atomic E-state index is -0.545. The number of likely N-dealkylation sites (tertiary alicyclic amines) is 1. The molecule has 1 aromatic heterocycles. The summed E-state index contributed by atoms with van der Waals surface area (Å²) in [5.41, 5.74) is 2.53. The molecular formula is C18H21FN4O2. The Bertz CT molecular complexity index is 817. The summed E-state index contributed by atoms with van der Waals surface area (Å²) in [6, 6.07) is 5.60. The van der Waals surface area contributed by atoms with Gasteiger partial charge in [0.05, 0.1) is 18.2 Å². The van der Waals surface area contributed by atoms with Crippen molar-refractivity contribution in [2.75, 3.05) is 7.05 Å². The summed E-state index contributed by atoms with van der Waals surface area (Å²) in [4.78, 5) is 26.3. The van der Waals surface area contributed by atoms with E-state index in [0.717, 1.165) is 11.3 Å². The fraction of sp³-hybridized carbons (Fsp3) is 0.389. The van der Waals surface area contributed by atoms with Crippen molar-refractivity contribution in [3.05, 3.63) is 53.1 Å². The molecule has 3 rings (SSSR count). The van der Waals surface area contributed by atoms with Crippen LogP contribution >= 0.6 is 0 Å². The lowest BCUT2D eigenvalue weighted by atomic mass is 9.92. The Morgan fingerprint density at radius 3 is 2.80 bits per heavy atom. The second kappa shape index (κ2) is 6.66. The number of halogens is 1. The van der Waals surface area contributed by atoms with Crippen molar-refractivity contribution in [2.45, 2.75) is 25.9 Å². The number of carbonyl (C=O) groups is 2. The highest BCUT2D eigenvalue weighted by atomic mass is 19.1. The molecule has 132 valence electrons. The van der Waals surface area contributed by atoms with Crippen LogP contribution in [0.1, 0.15) is 29.3 Å². The third kappa shape index (κ3) is 3.26. The monoisotopic (exact) mass is 344 g/mol. The molecule has 0 saturated carbocycles. The van der Waals surface area contributed by atoms with E-state index in [-0.39, 0.29) is 24.1 Å². The fourth-order valence-electron chi connectivity index (χ4n) is 3.28. The second-order valence-electron chi connectivity index (χ2n) is 6.41. The van der Waals surface area contributed by atoms with E-state index in [2.05, 4.69) is 10.4 Å². The fourth-order valence-corrected chi connectivity index (χ4v) is 3.28. The van der Waals surface area contributed by atoms with Crippen LogP contribution in [-0.4, -0.2) is 33.5 Å². The van der Waals surface area contributed by atoms with Crippen LogP contribution in [0.25, 0.3) is 0 Å². The summed E-state index contributed by atoms with van der Waals surface area (Å²) >= 11 is 0. The van der Waals surface area contributed by atoms with Crippen molar-refractivity contribution >= 4 is 11.8 Å². The summed E-state index contributed by atoms with van der Waals surface area (Å²) < 4.78 is 15.3. The van der Waals surface area contributed by atoms with E-state index >= 15 is 0 Å². The Hall–Kier alpha value is -2.70. The van der Waals surface area contributed by atoms with Crippen LogP contribution in [0.4, 0.5) is 4.39 Å². The number of nitrogens with one attached hydrogen (secondary N) is 1. The molecule has 2 aromatic rings. The van der Waals surface area contributed by atoms with Crippen LogP contribution in [-0.2, 0) is 23.2 Å². The molecule has 0 spiro atoms. The highest BCUT2D eigenvalue weighted by Crippen LogP contribution is 2.37. The molecule has 0 bridgehead atoms. The van der Waals surface area contributed by atoms with Gasteiger partial charge in [-0.1, -0.05) is 12.1 Å². The van der Waals surface area contributed by atoms with E-state index in [0.29, 0.717) is 12.1 Å². The van der Waals surface area contributed by atoms with Crippen molar-refractivity contribution in [2.24, 2.45) is 13.0 Å². The molecule has 6 nitrogen and oxygen atoms in total. The number of hydrogen-bond donors (Lipinski definition) is 1. The molecule has 2 unspecified atom stereocenters. The smallest absolute Gasteiger partial charge is 0.226 e. The lowest BCUT2D eigenvalue weighted by Crippen LogP contribution is -2.34. The van der Waals surface area contributed by atoms with Gasteiger partial charge in [0.25, 0.3) is 0 Å². The number of carbonyl (C=O) groups excluding carboxylic acids is 2. The predicted molar refractivity (Wildman–Crippen MR) is 89.8 cm³/mol. The molecule has 1 saturated heterocycles.